The van der Waals surface area contributed by atoms with E-state index < -0.39 is 0 Å². The van der Waals surface area contributed by atoms with Gasteiger partial charge < -0.3 is 9.84 Å². The van der Waals surface area contributed by atoms with Gasteiger partial charge in [-0.25, -0.2) is 0 Å². The van der Waals surface area contributed by atoms with Crippen molar-refractivity contribution in [3.05, 3.63) is 53.9 Å². The molecule has 1 saturated heterocycles. The molecule has 1 aromatic carbocycles. The van der Waals surface area contributed by atoms with E-state index in [4.69, 9.17) is 4.52 Å². The van der Waals surface area contributed by atoms with Crippen LogP contribution in [0.5, 0.6) is 0 Å². The zero-order valence-corrected chi connectivity index (χ0v) is 11.1. The minimum atomic E-state index is 0.393. The summed E-state index contributed by atoms with van der Waals surface area (Å²) in [6.45, 7) is 5.09. The molecule has 3 rings (SSSR count). The van der Waals surface area contributed by atoms with Gasteiger partial charge in [0.25, 0.3) is 0 Å². The Morgan fingerprint density at radius 3 is 2.89 bits per heavy atom. The minimum absolute atomic E-state index is 0.393. The fourth-order valence-electron chi connectivity index (χ4n) is 2.58. The second kappa shape index (κ2) is 5.55. The fourth-order valence-corrected chi connectivity index (χ4v) is 2.58. The quantitative estimate of drug-likeness (QED) is 0.915. The van der Waals surface area contributed by atoms with Gasteiger partial charge in [0.15, 0.2) is 0 Å². The van der Waals surface area contributed by atoms with Crippen molar-refractivity contribution in [1.29, 1.82) is 0 Å². The fraction of sp³-hybridized carbons (Fsp3) is 0.400. The van der Waals surface area contributed by atoms with Gasteiger partial charge >= 0.3 is 0 Å². The summed E-state index contributed by atoms with van der Waals surface area (Å²) in [6.07, 6.45) is 1.64. The second-order valence-corrected chi connectivity index (χ2v) is 5.14. The van der Waals surface area contributed by atoms with Gasteiger partial charge in [0.2, 0.25) is 0 Å². The van der Waals surface area contributed by atoms with E-state index in [9.17, 15) is 0 Å². The van der Waals surface area contributed by atoms with E-state index in [-0.39, 0.29) is 0 Å². The zero-order valence-electron chi connectivity index (χ0n) is 11.1. The van der Waals surface area contributed by atoms with Crippen LogP contribution in [0.2, 0.25) is 0 Å². The van der Waals surface area contributed by atoms with Crippen molar-refractivity contribution in [2.24, 2.45) is 0 Å². The highest BCUT2D eigenvalue weighted by Gasteiger charge is 2.26. The summed E-state index contributed by atoms with van der Waals surface area (Å²) < 4.78 is 4.91. The van der Waals surface area contributed by atoms with E-state index in [2.05, 4.69) is 52.6 Å². The van der Waals surface area contributed by atoms with E-state index in [1.807, 2.05) is 6.07 Å². The van der Waals surface area contributed by atoms with Gasteiger partial charge in [-0.2, -0.15) is 0 Å². The molecule has 1 aliphatic heterocycles. The smallest absolute Gasteiger partial charge is 0.124 e. The highest BCUT2D eigenvalue weighted by atomic mass is 16.5. The molecule has 0 spiro atoms. The normalized spacial score (nSPS) is 24.5. The van der Waals surface area contributed by atoms with E-state index in [1.54, 1.807) is 6.26 Å². The summed E-state index contributed by atoms with van der Waals surface area (Å²) >= 11 is 0. The van der Waals surface area contributed by atoms with Crippen molar-refractivity contribution in [3.8, 4) is 0 Å². The highest BCUT2D eigenvalue weighted by Crippen LogP contribution is 2.21. The van der Waals surface area contributed by atoms with Crippen LogP contribution in [0.1, 0.15) is 24.2 Å². The molecule has 2 aromatic rings. The molecule has 0 bridgehead atoms. The first kappa shape index (κ1) is 12.4. The first-order chi connectivity index (χ1) is 9.33. The van der Waals surface area contributed by atoms with Crippen molar-refractivity contribution >= 4 is 0 Å². The molecular formula is C15H19N3O. The summed E-state index contributed by atoms with van der Waals surface area (Å²) in [4.78, 5) is 2.45. The van der Waals surface area contributed by atoms with Crippen LogP contribution in [-0.2, 0) is 6.54 Å². The lowest BCUT2D eigenvalue weighted by Gasteiger charge is -2.38. The van der Waals surface area contributed by atoms with E-state index in [0.717, 1.165) is 25.3 Å². The van der Waals surface area contributed by atoms with E-state index in [0.29, 0.717) is 12.1 Å². The molecule has 1 N–H and O–H groups in total. The number of nitrogens with one attached hydrogen (secondary N) is 1. The Bertz CT molecular complexity index is 497. The van der Waals surface area contributed by atoms with Crippen molar-refractivity contribution in [2.45, 2.75) is 25.6 Å². The first-order valence-electron chi connectivity index (χ1n) is 6.74. The molecule has 1 fully saturated rings. The Hall–Kier alpha value is -1.65. The predicted octanol–water partition coefficient (Wildman–Crippen LogP) is 2.21. The Morgan fingerprint density at radius 1 is 1.32 bits per heavy atom. The molecule has 1 aromatic heterocycles. The van der Waals surface area contributed by atoms with E-state index in [1.165, 1.54) is 5.56 Å². The van der Waals surface area contributed by atoms with Crippen molar-refractivity contribution in [3.63, 3.8) is 0 Å². The second-order valence-electron chi connectivity index (χ2n) is 5.14. The van der Waals surface area contributed by atoms with Gasteiger partial charge in [0, 0.05) is 37.8 Å². The average molecular weight is 257 g/mol. The largest absolute Gasteiger partial charge is 0.364 e. The summed E-state index contributed by atoms with van der Waals surface area (Å²) in [5.41, 5.74) is 2.35. The number of rotatable bonds is 3. The maximum atomic E-state index is 4.91. The zero-order chi connectivity index (χ0) is 13.1. The Balaban J connectivity index is 1.70. The highest BCUT2D eigenvalue weighted by molar-refractivity contribution is 5.20. The summed E-state index contributed by atoms with van der Waals surface area (Å²) in [5.74, 6) is 0. The molecule has 0 aliphatic carbocycles. The molecular weight excluding hydrogens is 238 g/mol. The van der Waals surface area contributed by atoms with Gasteiger partial charge in [-0.05, 0) is 12.5 Å². The third-order valence-corrected chi connectivity index (χ3v) is 3.76. The molecule has 4 nitrogen and oxygen atoms in total. The lowest BCUT2D eigenvalue weighted by Crippen LogP contribution is -2.50. The monoisotopic (exact) mass is 257 g/mol. The number of aromatic nitrogens is 1. The van der Waals surface area contributed by atoms with Gasteiger partial charge in [-0.1, -0.05) is 35.5 Å². The average Bonchev–Trinajstić information content (AvgIpc) is 2.95. The summed E-state index contributed by atoms with van der Waals surface area (Å²) in [7, 11) is 0. The van der Waals surface area contributed by atoms with Crippen molar-refractivity contribution in [1.82, 2.24) is 15.4 Å². The molecule has 2 heterocycles. The van der Waals surface area contributed by atoms with Crippen LogP contribution in [0.3, 0.4) is 0 Å². The third-order valence-electron chi connectivity index (χ3n) is 3.76. The van der Waals surface area contributed by atoms with Gasteiger partial charge in [-0.15, -0.1) is 0 Å². The standard InChI is InChI=1S/C15H19N3O/c1-12-9-16-15(13-5-3-2-4-6-13)11-18(12)10-14-7-8-19-17-14/h2-8,12,15-16H,9-11H2,1H3. The minimum Gasteiger partial charge on any atom is -0.364 e. The van der Waals surface area contributed by atoms with Gasteiger partial charge in [0.1, 0.15) is 6.26 Å². The van der Waals surface area contributed by atoms with Gasteiger partial charge in [0.05, 0.1) is 5.69 Å². The third kappa shape index (κ3) is 2.85. The van der Waals surface area contributed by atoms with Crippen LogP contribution < -0.4 is 5.32 Å². The molecule has 0 saturated carbocycles. The van der Waals surface area contributed by atoms with Crippen LogP contribution in [0.4, 0.5) is 0 Å². The molecule has 0 amide bonds. The first-order valence-corrected chi connectivity index (χ1v) is 6.74. The number of hydrogen-bond donors (Lipinski definition) is 1. The lowest BCUT2D eigenvalue weighted by molar-refractivity contribution is 0.130. The van der Waals surface area contributed by atoms with Crippen LogP contribution >= 0.6 is 0 Å². The SMILES string of the molecule is CC1CNC(c2ccccc2)CN1Cc1ccon1. The number of benzene rings is 1. The molecule has 19 heavy (non-hydrogen) atoms. The molecule has 1 aliphatic rings. The maximum Gasteiger partial charge on any atom is 0.124 e. The predicted molar refractivity (Wildman–Crippen MR) is 73.6 cm³/mol. The Morgan fingerprint density at radius 2 is 2.16 bits per heavy atom. The Labute approximate surface area is 113 Å². The Kier molecular flexibility index (Phi) is 3.62. The molecule has 100 valence electrons. The van der Waals surface area contributed by atoms with Crippen molar-refractivity contribution in [2.75, 3.05) is 13.1 Å². The molecule has 2 unspecified atom stereocenters. The van der Waals surface area contributed by atoms with Crippen LogP contribution in [0.25, 0.3) is 0 Å². The maximum absolute atomic E-state index is 4.91. The van der Waals surface area contributed by atoms with Crippen molar-refractivity contribution < 1.29 is 4.52 Å². The van der Waals surface area contributed by atoms with E-state index >= 15 is 0 Å². The molecule has 4 heteroatoms. The topological polar surface area (TPSA) is 41.3 Å². The van der Waals surface area contributed by atoms with Crippen LogP contribution in [-0.4, -0.2) is 29.2 Å². The summed E-state index contributed by atoms with van der Waals surface area (Å²) in [6, 6.07) is 13.5. The molecule has 0 radical (unpaired) electrons. The van der Waals surface area contributed by atoms with Crippen LogP contribution in [0.15, 0.2) is 47.2 Å². The lowest BCUT2D eigenvalue weighted by atomic mass is 10.0. The number of piperazine rings is 1. The number of hydrogen-bond acceptors (Lipinski definition) is 4. The molecule has 2 atom stereocenters. The summed E-state index contributed by atoms with van der Waals surface area (Å²) in [5, 5.41) is 7.61. The van der Waals surface area contributed by atoms with Crippen LogP contribution in [0, 0.1) is 0 Å². The number of nitrogens with zero attached hydrogens (tertiary/aromatic N) is 2. The van der Waals surface area contributed by atoms with Gasteiger partial charge in [-0.3, -0.25) is 4.90 Å².